The fraction of sp³-hybridized carbons (Fsp3) is 0.227. The second-order valence-electron chi connectivity index (χ2n) is 7.64. The normalized spacial score (nSPS) is 16.3. The molecular formula is C22H22N8O2. The number of carboxylic acid groups (broad SMARTS) is 1. The average Bonchev–Trinajstić information content (AvgIpc) is 3.18. The maximum absolute atomic E-state index is 11.3. The summed E-state index contributed by atoms with van der Waals surface area (Å²) in [6.45, 7) is 3.49. The second kappa shape index (κ2) is 8.14. The fourth-order valence-corrected chi connectivity index (χ4v) is 4.01. The number of benzene rings is 1. The number of hydrogen-bond donors (Lipinski definition) is 2. The summed E-state index contributed by atoms with van der Waals surface area (Å²) in [7, 11) is 0. The number of fused-ring (bicyclic) bond motifs is 1. The van der Waals surface area contributed by atoms with E-state index in [9.17, 15) is 9.90 Å². The van der Waals surface area contributed by atoms with Crippen molar-refractivity contribution in [2.24, 2.45) is 0 Å². The molecule has 1 aliphatic rings. The molecule has 0 spiro atoms. The monoisotopic (exact) mass is 430 g/mol. The van der Waals surface area contributed by atoms with Crippen LogP contribution in [0.1, 0.15) is 6.92 Å². The minimum Gasteiger partial charge on any atom is -0.465 e. The third-order valence-electron chi connectivity index (χ3n) is 5.56. The number of hydrogen-bond acceptors (Lipinski definition) is 7. The third kappa shape index (κ3) is 3.66. The quantitative estimate of drug-likeness (QED) is 0.508. The molecular weight excluding hydrogens is 408 g/mol. The summed E-state index contributed by atoms with van der Waals surface area (Å²) < 4.78 is 1.87. The Morgan fingerprint density at radius 2 is 2.00 bits per heavy atom. The summed E-state index contributed by atoms with van der Waals surface area (Å²) in [5, 5.41) is 18.3. The summed E-state index contributed by atoms with van der Waals surface area (Å²) in [4.78, 5) is 27.8. The molecule has 0 unspecified atom stereocenters. The van der Waals surface area contributed by atoms with Crippen molar-refractivity contribution < 1.29 is 9.90 Å². The average molecular weight is 430 g/mol. The smallest absolute Gasteiger partial charge is 0.407 e. The number of nitrogens with one attached hydrogen (secondary N) is 1. The first kappa shape index (κ1) is 19.7. The van der Waals surface area contributed by atoms with Gasteiger partial charge in [0.1, 0.15) is 11.6 Å². The molecule has 32 heavy (non-hydrogen) atoms. The van der Waals surface area contributed by atoms with Gasteiger partial charge in [0.2, 0.25) is 0 Å². The Balaban J connectivity index is 1.49. The molecule has 1 fully saturated rings. The van der Waals surface area contributed by atoms with E-state index < -0.39 is 6.09 Å². The van der Waals surface area contributed by atoms with Gasteiger partial charge in [0.05, 0.1) is 17.4 Å². The molecule has 10 heteroatoms. The highest BCUT2D eigenvalue weighted by atomic mass is 16.4. The van der Waals surface area contributed by atoms with Gasteiger partial charge in [-0.3, -0.25) is 4.98 Å². The Morgan fingerprint density at radius 1 is 1.12 bits per heavy atom. The van der Waals surface area contributed by atoms with Crippen LogP contribution in [0.4, 0.5) is 22.2 Å². The van der Waals surface area contributed by atoms with Crippen molar-refractivity contribution in [2.45, 2.75) is 13.0 Å². The summed E-state index contributed by atoms with van der Waals surface area (Å²) in [6.07, 6.45) is 5.77. The molecule has 2 N–H and O–H groups in total. The predicted octanol–water partition coefficient (Wildman–Crippen LogP) is 3.14. The van der Waals surface area contributed by atoms with E-state index in [0.717, 1.165) is 22.4 Å². The lowest BCUT2D eigenvalue weighted by molar-refractivity contribution is 0.136. The van der Waals surface area contributed by atoms with E-state index in [2.05, 4.69) is 25.2 Å². The van der Waals surface area contributed by atoms with Crippen LogP contribution in [0, 0.1) is 0 Å². The molecule has 1 amide bonds. The molecule has 0 bridgehead atoms. The zero-order valence-electron chi connectivity index (χ0n) is 17.5. The first-order chi connectivity index (χ1) is 15.6. The minimum atomic E-state index is -0.885. The van der Waals surface area contributed by atoms with Gasteiger partial charge in [0.15, 0.2) is 5.82 Å². The van der Waals surface area contributed by atoms with Crippen molar-refractivity contribution in [2.75, 3.05) is 29.9 Å². The molecule has 3 aromatic heterocycles. The van der Waals surface area contributed by atoms with E-state index in [0.29, 0.717) is 31.3 Å². The molecule has 5 rings (SSSR count). The van der Waals surface area contributed by atoms with E-state index in [1.165, 1.54) is 4.90 Å². The third-order valence-corrected chi connectivity index (χ3v) is 5.56. The van der Waals surface area contributed by atoms with E-state index >= 15 is 0 Å². The number of amides is 1. The van der Waals surface area contributed by atoms with Gasteiger partial charge in [-0.25, -0.2) is 19.4 Å². The molecule has 0 saturated carbocycles. The Hall–Kier alpha value is -4.21. The molecule has 162 valence electrons. The molecule has 0 aliphatic carbocycles. The number of piperazine rings is 1. The molecule has 1 aliphatic heterocycles. The zero-order chi connectivity index (χ0) is 22.1. The van der Waals surface area contributed by atoms with Gasteiger partial charge in [-0.1, -0.05) is 12.1 Å². The lowest BCUT2D eigenvalue weighted by atomic mass is 10.2. The van der Waals surface area contributed by atoms with Gasteiger partial charge in [0.25, 0.3) is 0 Å². The van der Waals surface area contributed by atoms with E-state index in [4.69, 9.17) is 5.10 Å². The molecule has 1 aromatic carbocycles. The van der Waals surface area contributed by atoms with Crippen LogP contribution in [-0.2, 0) is 0 Å². The van der Waals surface area contributed by atoms with Crippen molar-refractivity contribution in [1.82, 2.24) is 29.6 Å². The molecule has 4 heterocycles. The second-order valence-corrected chi connectivity index (χ2v) is 7.64. The van der Waals surface area contributed by atoms with Gasteiger partial charge in [-0.05, 0) is 25.1 Å². The SMILES string of the molecule is C[C@@H]1CN(C(=O)O)CCN1c1cc(-n2nc(Nc3cnccn3)c3ccccc32)ccn1. The van der Waals surface area contributed by atoms with Gasteiger partial charge in [0, 0.05) is 55.7 Å². The summed E-state index contributed by atoms with van der Waals surface area (Å²) in [5.74, 6) is 2.09. The van der Waals surface area contributed by atoms with Crippen LogP contribution in [0.5, 0.6) is 0 Å². The molecule has 0 radical (unpaired) electrons. The number of rotatable bonds is 4. The van der Waals surface area contributed by atoms with Crippen molar-refractivity contribution in [1.29, 1.82) is 0 Å². The Kier molecular flexibility index (Phi) is 5.02. The van der Waals surface area contributed by atoms with E-state index in [1.807, 2.05) is 48.0 Å². The standard InChI is InChI=1S/C22H22N8O2/c1-15-14-28(22(31)32)10-11-29(15)20-12-16(6-7-25-20)30-18-5-3-2-4-17(18)21(27-30)26-19-13-23-8-9-24-19/h2-9,12-13,15H,10-11,14H2,1H3,(H,31,32)(H,24,26,27)/t15-/m1/s1. The lowest BCUT2D eigenvalue weighted by Crippen LogP contribution is -2.53. The van der Waals surface area contributed by atoms with Gasteiger partial charge in [-0.15, -0.1) is 5.10 Å². The fourth-order valence-electron chi connectivity index (χ4n) is 4.01. The predicted molar refractivity (Wildman–Crippen MR) is 121 cm³/mol. The number of nitrogens with zero attached hydrogens (tertiary/aromatic N) is 7. The number of pyridine rings is 1. The van der Waals surface area contributed by atoms with Gasteiger partial charge in [-0.2, -0.15) is 0 Å². The number of para-hydroxylation sites is 1. The highest BCUT2D eigenvalue weighted by Crippen LogP contribution is 2.29. The van der Waals surface area contributed by atoms with Crippen LogP contribution in [0.15, 0.2) is 61.2 Å². The highest BCUT2D eigenvalue weighted by Gasteiger charge is 2.27. The molecule has 1 atom stereocenters. The van der Waals surface area contributed by atoms with Crippen LogP contribution in [0.3, 0.4) is 0 Å². The van der Waals surface area contributed by atoms with Crippen molar-refractivity contribution in [3.63, 3.8) is 0 Å². The minimum absolute atomic E-state index is 0.0193. The summed E-state index contributed by atoms with van der Waals surface area (Å²) in [6, 6.07) is 11.9. The zero-order valence-corrected chi connectivity index (χ0v) is 17.5. The largest absolute Gasteiger partial charge is 0.465 e. The van der Waals surface area contributed by atoms with Crippen molar-refractivity contribution >= 4 is 34.4 Å². The van der Waals surface area contributed by atoms with E-state index in [-0.39, 0.29) is 6.04 Å². The van der Waals surface area contributed by atoms with Crippen LogP contribution >= 0.6 is 0 Å². The van der Waals surface area contributed by atoms with Crippen LogP contribution in [0.25, 0.3) is 16.6 Å². The van der Waals surface area contributed by atoms with E-state index in [1.54, 1.807) is 24.8 Å². The summed E-state index contributed by atoms with van der Waals surface area (Å²) >= 11 is 0. The van der Waals surface area contributed by atoms with Crippen molar-refractivity contribution in [3.05, 3.63) is 61.2 Å². The topological polar surface area (TPSA) is 112 Å². The van der Waals surface area contributed by atoms with Crippen molar-refractivity contribution in [3.8, 4) is 5.69 Å². The Labute approximate surface area is 184 Å². The Morgan fingerprint density at radius 3 is 2.78 bits per heavy atom. The van der Waals surface area contributed by atoms with Gasteiger partial charge < -0.3 is 20.2 Å². The van der Waals surface area contributed by atoms with Gasteiger partial charge >= 0.3 is 6.09 Å². The molecule has 10 nitrogen and oxygen atoms in total. The highest BCUT2D eigenvalue weighted by molar-refractivity contribution is 5.92. The number of carbonyl (C=O) groups is 1. The molecule has 1 saturated heterocycles. The van der Waals surface area contributed by atoms with Crippen LogP contribution in [0.2, 0.25) is 0 Å². The van der Waals surface area contributed by atoms with Crippen LogP contribution < -0.4 is 10.2 Å². The maximum Gasteiger partial charge on any atom is 0.407 e. The first-order valence-corrected chi connectivity index (χ1v) is 10.3. The number of aromatic nitrogens is 5. The number of anilines is 3. The molecule has 4 aromatic rings. The first-order valence-electron chi connectivity index (χ1n) is 10.3. The van der Waals surface area contributed by atoms with Crippen LogP contribution in [-0.4, -0.2) is 66.5 Å². The Bertz CT molecular complexity index is 1260. The summed E-state index contributed by atoms with van der Waals surface area (Å²) in [5.41, 5.74) is 1.81. The maximum atomic E-state index is 11.3. The lowest BCUT2D eigenvalue weighted by Gasteiger charge is -2.39.